The highest BCUT2D eigenvalue weighted by atomic mass is 16.1. The molecule has 0 spiro atoms. The second-order valence-corrected chi connectivity index (χ2v) is 4.28. The van der Waals surface area contributed by atoms with Gasteiger partial charge in [-0.1, -0.05) is 37.5 Å². The molecule has 0 aromatic heterocycles. The zero-order valence-corrected chi connectivity index (χ0v) is 10.8. The van der Waals surface area contributed by atoms with Crippen molar-refractivity contribution >= 4 is 11.6 Å². The van der Waals surface area contributed by atoms with E-state index in [9.17, 15) is 4.79 Å². The summed E-state index contributed by atoms with van der Waals surface area (Å²) in [7, 11) is 0. The zero-order chi connectivity index (χ0) is 12.5. The van der Waals surface area contributed by atoms with Gasteiger partial charge in [-0.15, -0.1) is 0 Å². The SMILES string of the molecule is CCCCCNC(=O)CNc1ccc(C)cc1. The second kappa shape index (κ2) is 7.71. The van der Waals surface area contributed by atoms with Crippen LogP contribution in [0.3, 0.4) is 0 Å². The minimum atomic E-state index is 0.0571. The molecule has 0 atom stereocenters. The highest BCUT2D eigenvalue weighted by Gasteiger charge is 1.99. The predicted octanol–water partition coefficient (Wildman–Crippen LogP) is 2.71. The van der Waals surface area contributed by atoms with Crippen molar-refractivity contribution in [2.45, 2.75) is 33.1 Å². The van der Waals surface area contributed by atoms with Crippen LogP contribution in [0.2, 0.25) is 0 Å². The summed E-state index contributed by atoms with van der Waals surface area (Å²) < 4.78 is 0. The number of carbonyl (C=O) groups is 1. The van der Waals surface area contributed by atoms with Crippen molar-refractivity contribution in [1.82, 2.24) is 5.32 Å². The van der Waals surface area contributed by atoms with Crippen molar-refractivity contribution in [2.75, 3.05) is 18.4 Å². The highest BCUT2D eigenvalue weighted by Crippen LogP contribution is 2.07. The van der Waals surface area contributed by atoms with Gasteiger partial charge in [0, 0.05) is 12.2 Å². The third kappa shape index (κ3) is 5.95. The zero-order valence-electron chi connectivity index (χ0n) is 10.8. The van der Waals surface area contributed by atoms with E-state index in [1.807, 2.05) is 31.2 Å². The molecular weight excluding hydrogens is 212 g/mol. The Balaban J connectivity index is 2.17. The quantitative estimate of drug-likeness (QED) is 0.712. The van der Waals surface area contributed by atoms with Gasteiger partial charge in [0.05, 0.1) is 6.54 Å². The monoisotopic (exact) mass is 234 g/mol. The molecule has 0 bridgehead atoms. The first-order valence-corrected chi connectivity index (χ1v) is 6.29. The van der Waals surface area contributed by atoms with Gasteiger partial charge in [-0.2, -0.15) is 0 Å². The third-order valence-electron chi connectivity index (χ3n) is 2.61. The van der Waals surface area contributed by atoms with Crippen LogP contribution in [0.4, 0.5) is 5.69 Å². The van der Waals surface area contributed by atoms with Crippen LogP contribution >= 0.6 is 0 Å². The Hall–Kier alpha value is -1.51. The van der Waals surface area contributed by atoms with Crippen LogP contribution in [0.15, 0.2) is 24.3 Å². The standard InChI is InChI=1S/C14H22N2O/c1-3-4-5-10-15-14(17)11-16-13-8-6-12(2)7-9-13/h6-9,16H,3-5,10-11H2,1-2H3,(H,15,17). The van der Waals surface area contributed by atoms with E-state index in [0.29, 0.717) is 6.54 Å². The predicted molar refractivity (Wildman–Crippen MR) is 72.2 cm³/mol. The molecule has 3 nitrogen and oxygen atoms in total. The molecule has 17 heavy (non-hydrogen) atoms. The lowest BCUT2D eigenvalue weighted by Crippen LogP contribution is -2.30. The van der Waals surface area contributed by atoms with E-state index in [2.05, 4.69) is 17.6 Å². The summed E-state index contributed by atoms with van der Waals surface area (Å²) in [6.45, 7) is 5.32. The Kier molecular flexibility index (Phi) is 6.15. The fraction of sp³-hybridized carbons (Fsp3) is 0.500. The maximum atomic E-state index is 11.5. The van der Waals surface area contributed by atoms with Crippen molar-refractivity contribution in [3.05, 3.63) is 29.8 Å². The lowest BCUT2D eigenvalue weighted by Gasteiger charge is -2.07. The Morgan fingerprint density at radius 1 is 1.18 bits per heavy atom. The van der Waals surface area contributed by atoms with Crippen LogP contribution in [0.25, 0.3) is 0 Å². The van der Waals surface area contributed by atoms with E-state index in [1.54, 1.807) is 0 Å². The van der Waals surface area contributed by atoms with Crippen LogP contribution in [0.5, 0.6) is 0 Å². The van der Waals surface area contributed by atoms with Crippen LogP contribution in [-0.2, 0) is 4.79 Å². The summed E-state index contributed by atoms with van der Waals surface area (Å²) in [5.74, 6) is 0.0571. The van der Waals surface area contributed by atoms with Gasteiger partial charge < -0.3 is 10.6 Å². The number of rotatable bonds is 7. The molecule has 0 saturated heterocycles. The molecule has 1 rings (SSSR count). The first kappa shape index (κ1) is 13.6. The van der Waals surface area contributed by atoms with Crippen molar-refractivity contribution in [3.63, 3.8) is 0 Å². The Morgan fingerprint density at radius 3 is 2.53 bits per heavy atom. The molecule has 1 aromatic rings. The van der Waals surface area contributed by atoms with Gasteiger partial charge in [0.15, 0.2) is 0 Å². The molecule has 0 heterocycles. The summed E-state index contributed by atoms with van der Waals surface area (Å²) >= 11 is 0. The van der Waals surface area contributed by atoms with Gasteiger partial charge in [0.25, 0.3) is 0 Å². The molecule has 1 amide bonds. The Labute approximate surface area is 104 Å². The molecule has 0 saturated carbocycles. The number of hydrogen-bond donors (Lipinski definition) is 2. The Bertz CT molecular complexity index is 333. The van der Waals surface area contributed by atoms with E-state index in [1.165, 1.54) is 18.4 Å². The van der Waals surface area contributed by atoms with Crippen LogP contribution in [0.1, 0.15) is 31.7 Å². The molecule has 0 aliphatic heterocycles. The summed E-state index contributed by atoms with van der Waals surface area (Å²) in [4.78, 5) is 11.5. The summed E-state index contributed by atoms with van der Waals surface area (Å²) in [5.41, 5.74) is 2.21. The number of amides is 1. The molecule has 94 valence electrons. The van der Waals surface area contributed by atoms with E-state index < -0.39 is 0 Å². The van der Waals surface area contributed by atoms with E-state index in [4.69, 9.17) is 0 Å². The maximum absolute atomic E-state index is 11.5. The normalized spacial score (nSPS) is 10.0. The minimum Gasteiger partial charge on any atom is -0.376 e. The van der Waals surface area contributed by atoms with Gasteiger partial charge >= 0.3 is 0 Å². The van der Waals surface area contributed by atoms with Gasteiger partial charge in [0.2, 0.25) is 5.91 Å². The number of nitrogens with one attached hydrogen (secondary N) is 2. The van der Waals surface area contributed by atoms with Crippen molar-refractivity contribution in [3.8, 4) is 0 Å². The van der Waals surface area contributed by atoms with E-state index in [-0.39, 0.29) is 5.91 Å². The molecule has 0 aliphatic carbocycles. The van der Waals surface area contributed by atoms with Gasteiger partial charge in [0.1, 0.15) is 0 Å². The average molecular weight is 234 g/mol. The summed E-state index contributed by atoms with van der Waals surface area (Å²) in [6.07, 6.45) is 3.41. The number of unbranched alkanes of at least 4 members (excludes halogenated alkanes) is 2. The minimum absolute atomic E-state index is 0.0571. The van der Waals surface area contributed by atoms with Crippen molar-refractivity contribution in [1.29, 1.82) is 0 Å². The molecule has 2 N–H and O–H groups in total. The Morgan fingerprint density at radius 2 is 1.88 bits per heavy atom. The van der Waals surface area contributed by atoms with Gasteiger partial charge in [-0.05, 0) is 25.5 Å². The molecule has 3 heteroatoms. The number of carbonyl (C=O) groups excluding carboxylic acids is 1. The van der Waals surface area contributed by atoms with Gasteiger partial charge in [-0.3, -0.25) is 4.79 Å². The molecule has 1 aromatic carbocycles. The maximum Gasteiger partial charge on any atom is 0.239 e. The highest BCUT2D eigenvalue weighted by molar-refractivity contribution is 5.80. The van der Waals surface area contributed by atoms with Crippen molar-refractivity contribution < 1.29 is 4.79 Å². The number of aryl methyl sites for hydroxylation is 1. The van der Waals surface area contributed by atoms with Crippen LogP contribution in [-0.4, -0.2) is 19.0 Å². The largest absolute Gasteiger partial charge is 0.376 e. The number of hydrogen-bond acceptors (Lipinski definition) is 2. The fourth-order valence-electron chi connectivity index (χ4n) is 1.52. The van der Waals surface area contributed by atoms with Gasteiger partial charge in [-0.25, -0.2) is 0 Å². The summed E-state index contributed by atoms with van der Waals surface area (Å²) in [6, 6.07) is 8.03. The van der Waals surface area contributed by atoms with Crippen LogP contribution < -0.4 is 10.6 Å². The third-order valence-corrected chi connectivity index (χ3v) is 2.61. The summed E-state index contributed by atoms with van der Waals surface area (Å²) in [5, 5.41) is 6.00. The average Bonchev–Trinajstić information content (AvgIpc) is 2.34. The number of anilines is 1. The van der Waals surface area contributed by atoms with E-state index in [0.717, 1.165) is 18.7 Å². The van der Waals surface area contributed by atoms with Crippen molar-refractivity contribution in [2.24, 2.45) is 0 Å². The lowest BCUT2D eigenvalue weighted by molar-refractivity contribution is -0.119. The van der Waals surface area contributed by atoms with Crippen LogP contribution in [0, 0.1) is 6.92 Å². The second-order valence-electron chi connectivity index (χ2n) is 4.28. The molecule has 0 fully saturated rings. The molecule has 0 aliphatic rings. The molecule has 0 unspecified atom stereocenters. The molecule has 0 radical (unpaired) electrons. The van der Waals surface area contributed by atoms with E-state index >= 15 is 0 Å². The smallest absolute Gasteiger partial charge is 0.239 e. The lowest BCUT2D eigenvalue weighted by atomic mass is 10.2. The molecular formula is C14H22N2O. The fourth-order valence-corrected chi connectivity index (χ4v) is 1.52. The first-order chi connectivity index (χ1) is 8.22. The number of benzene rings is 1. The topological polar surface area (TPSA) is 41.1 Å². The first-order valence-electron chi connectivity index (χ1n) is 6.29.